The highest BCUT2D eigenvalue weighted by Crippen LogP contribution is 2.43. The molecule has 0 aromatic heterocycles. The lowest BCUT2D eigenvalue weighted by Gasteiger charge is -2.44. The smallest absolute Gasteiger partial charge is 0.192 e. The fraction of sp³-hybridized carbons (Fsp3) is 0.722. The molecule has 2 rings (SSSR count). The average molecular weight is 323 g/mol. The first kappa shape index (κ1) is 17.6. The Morgan fingerprint density at radius 1 is 1.32 bits per heavy atom. The minimum Gasteiger partial charge on any atom is -0.410 e. The Morgan fingerprint density at radius 2 is 1.95 bits per heavy atom. The van der Waals surface area contributed by atoms with Gasteiger partial charge >= 0.3 is 0 Å². The summed E-state index contributed by atoms with van der Waals surface area (Å²) >= 11 is 0. The molecule has 0 radical (unpaired) electrons. The van der Waals surface area contributed by atoms with Crippen LogP contribution < -0.4 is 0 Å². The fourth-order valence-electron chi connectivity index (χ4n) is 3.08. The third kappa shape index (κ3) is 3.14. The number of carbonyl (C=O) groups is 1. The van der Waals surface area contributed by atoms with Gasteiger partial charge in [-0.2, -0.15) is 0 Å². The monoisotopic (exact) mass is 322 g/mol. The fourth-order valence-corrected chi connectivity index (χ4v) is 4.43. The second kappa shape index (κ2) is 5.73. The molecule has 124 valence electrons. The zero-order valence-corrected chi connectivity index (χ0v) is 15.7. The minimum absolute atomic E-state index is 0.0426. The van der Waals surface area contributed by atoms with Crippen LogP contribution in [0.15, 0.2) is 24.3 Å². The van der Waals surface area contributed by atoms with Crippen LogP contribution in [0.4, 0.5) is 0 Å². The highest BCUT2D eigenvalue weighted by molar-refractivity contribution is 6.74. The maximum Gasteiger partial charge on any atom is 0.192 e. The summed E-state index contributed by atoms with van der Waals surface area (Å²) in [6.07, 6.45) is 8.30. The van der Waals surface area contributed by atoms with E-state index in [1.807, 2.05) is 6.08 Å². The van der Waals surface area contributed by atoms with Crippen molar-refractivity contribution < 1.29 is 14.3 Å². The van der Waals surface area contributed by atoms with Crippen molar-refractivity contribution in [3.05, 3.63) is 24.3 Å². The summed E-state index contributed by atoms with van der Waals surface area (Å²) in [4.78, 5) is 12.7. The van der Waals surface area contributed by atoms with Crippen molar-refractivity contribution in [2.45, 2.75) is 70.4 Å². The quantitative estimate of drug-likeness (QED) is 0.786. The van der Waals surface area contributed by atoms with E-state index >= 15 is 0 Å². The molecule has 0 heterocycles. The highest BCUT2D eigenvalue weighted by Gasteiger charge is 2.52. The molecule has 4 atom stereocenters. The molecule has 4 heteroatoms. The molecule has 3 nitrogen and oxygen atoms in total. The number of carbonyl (C=O) groups excluding carboxylic acids is 1. The molecule has 22 heavy (non-hydrogen) atoms. The van der Waals surface area contributed by atoms with Crippen LogP contribution in [0.2, 0.25) is 18.1 Å². The van der Waals surface area contributed by atoms with Crippen molar-refractivity contribution in [3.63, 3.8) is 0 Å². The first-order valence-electron chi connectivity index (χ1n) is 8.27. The van der Waals surface area contributed by atoms with Crippen LogP contribution in [-0.2, 0) is 9.22 Å². The van der Waals surface area contributed by atoms with E-state index in [0.29, 0.717) is 6.42 Å². The minimum atomic E-state index is -2.08. The Bertz CT molecular complexity index is 501. The third-order valence-corrected chi connectivity index (χ3v) is 9.98. The highest BCUT2D eigenvalue weighted by atomic mass is 28.4. The Hall–Kier alpha value is -0.713. The van der Waals surface area contributed by atoms with Crippen molar-refractivity contribution in [2.75, 3.05) is 0 Å². The van der Waals surface area contributed by atoms with Gasteiger partial charge in [-0.15, -0.1) is 0 Å². The molecular weight excluding hydrogens is 292 g/mol. The summed E-state index contributed by atoms with van der Waals surface area (Å²) in [5.41, 5.74) is -1.49. The van der Waals surface area contributed by atoms with Gasteiger partial charge in [-0.3, -0.25) is 4.79 Å². The molecule has 0 aromatic carbocycles. The first-order valence-corrected chi connectivity index (χ1v) is 11.2. The Morgan fingerprint density at radius 3 is 2.55 bits per heavy atom. The third-order valence-electron chi connectivity index (χ3n) is 5.53. The van der Waals surface area contributed by atoms with Crippen molar-refractivity contribution in [3.8, 4) is 0 Å². The van der Waals surface area contributed by atoms with Gasteiger partial charge in [-0.1, -0.05) is 45.9 Å². The molecule has 0 spiro atoms. The number of hydrogen-bond donors (Lipinski definition) is 1. The topological polar surface area (TPSA) is 46.5 Å². The van der Waals surface area contributed by atoms with Crippen molar-refractivity contribution in [2.24, 2.45) is 11.8 Å². The summed E-state index contributed by atoms with van der Waals surface area (Å²) in [6, 6.07) is 0. The summed E-state index contributed by atoms with van der Waals surface area (Å²) in [7, 11) is -2.08. The largest absolute Gasteiger partial charge is 0.410 e. The number of hydrogen-bond acceptors (Lipinski definition) is 3. The lowest BCUT2D eigenvalue weighted by Crippen LogP contribution is -2.56. The second-order valence-electron chi connectivity index (χ2n) is 8.50. The van der Waals surface area contributed by atoms with E-state index < -0.39 is 20.0 Å². The molecule has 2 bridgehead atoms. The molecule has 1 N–H and O–H groups in total. The van der Waals surface area contributed by atoms with Gasteiger partial charge < -0.3 is 9.53 Å². The maximum atomic E-state index is 12.7. The van der Waals surface area contributed by atoms with Gasteiger partial charge in [-0.05, 0) is 36.5 Å². The molecule has 2 aliphatic rings. The van der Waals surface area contributed by atoms with Crippen molar-refractivity contribution in [1.82, 2.24) is 0 Å². The number of Topliss-reactive ketones (excluding diaryl/α,β-unsaturated/α-hetero) is 1. The summed E-state index contributed by atoms with van der Waals surface area (Å²) in [5, 5.41) is 11.2. The number of aliphatic hydroxyl groups is 1. The van der Waals surface area contributed by atoms with E-state index in [9.17, 15) is 9.90 Å². The van der Waals surface area contributed by atoms with Crippen molar-refractivity contribution in [1.29, 1.82) is 0 Å². The predicted octanol–water partition coefficient (Wildman–Crippen LogP) is 3.85. The van der Waals surface area contributed by atoms with Gasteiger partial charge in [-0.25, -0.2) is 0 Å². The van der Waals surface area contributed by atoms with Crippen molar-refractivity contribution >= 4 is 14.1 Å². The molecule has 0 aliphatic heterocycles. The van der Waals surface area contributed by atoms with Crippen LogP contribution in [0, 0.1) is 11.8 Å². The van der Waals surface area contributed by atoms with E-state index in [1.165, 1.54) is 0 Å². The predicted molar refractivity (Wildman–Crippen MR) is 92.2 cm³/mol. The van der Waals surface area contributed by atoms with Gasteiger partial charge in [0.05, 0.1) is 6.10 Å². The summed E-state index contributed by atoms with van der Waals surface area (Å²) in [6.45, 7) is 13.0. The van der Waals surface area contributed by atoms with Crippen LogP contribution in [0.3, 0.4) is 0 Å². The van der Waals surface area contributed by atoms with E-state index in [1.54, 1.807) is 12.2 Å². The van der Waals surface area contributed by atoms with Crippen LogP contribution in [0.25, 0.3) is 0 Å². The molecule has 1 fully saturated rings. The Balaban J connectivity index is 2.44. The van der Waals surface area contributed by atoms with Crippen LogP contribution in [-0.4, -0.2) is 30.9 Å². The van der Waals surface area contributed by atoms with E-state index in [2.05, 4.69) is 46.9 Å². The zero-order valence-electron chi connectivity index (χ0n) is 14.7. The van der Waals surface area contributed by atoms with Gasteiger partial charge in [0, 0.05) is 12.3 Å². The SMILES string of the molecule is C[C@@H]1CC(=O)[C@@]2(O)C=CC=C[C@@H](C1)[C@H]2O[Si](C)(C)C(C)(C)C. The standard InChI is InChI=1S/C18H30O3Si/c1-13-11-14-9-7-8-10-18(20,15(19)12-13)16(14)21-22(5,6)17(2,3)4/h7-10,13-14,16,20H,11-12H2,1-6H3/t13-,14-,16+,18-/m0/s1. The Kier molecular flexibility index (Phi) is 4.59. The first-order chi connectivity index (χ1) is 9.97. The molecule has 1 saturated carbocycles. The average Bonchev–Trinajstić information content (AvgIpc) is 2.55. The number of allylic oxidation sites excluding steroid dienone is 2. The molecular formula is C18H30O3Si. The van der Waals surface area contributed by atoms with Gasteiger partial charge in [0.1, 0.15) is 0 Å². The van der Waals surface area contributed by atoms with E-state index in [4.69, 9.17) is 4.43 Å². The van der Waals surface area contributed by atoms with E-state index in [0.717, 1.165) is 6.42 Å². The zero-order chi connectivity index (χ0) is 16.8. The molecule has 0 saturated heterocycles. The van der Waals surface area contributed by atoms with Gasteiger partial charge in [0.2, 0.25) is 0 Å². The number of rotatable bonds is 2. The molecule has 2 aliphatic carbocycles. The summed E-state index contributed by atoms with van der Waals surface area (Å²) < 4.78 is 6.56. The lowest BCUT2D eigenvalue weighted by atomic mass is 9.85. The van der Waals surface area contributed by atoms with Gasteiger partial charge in [0.15, 0.2) is 19.7 Å². The number of ketones is 1. The van der Waals surface area contributed by atoms with E-state index in [-0.39, 0.29) is 22.7 Å². The maximum absolute atomic E-state index is 12.7. The van der Waals surface area contributed by atoms with Crippen LogP contribution >= 0.6 is 0 Å². The molecule has 0 aromatic rings. The van der Waals surface area contributed by atoms with Crippen LogP contribution in [0.1, 0.15) is 40.5 Å². The molecule has 0 amide bonds. The Labute approximate surface area is 135 Å². The normalized spacial score (nSPS) is 36.1. The van der Waals surface area contributed by atoms with Crippen LogP contribution in [0.5, 0.6) is 0 Å². The van der Waals surface area contributed by atoms with Gasteiger partial charge in [0.25, 0.3) is 0 Å². The summed E-state index contributed by atoms with van der Waals surface area (Å²) in [5.74, 6) is 0.245. The second-order valence-corrected chi connectivity index (χ2v) is 13.3. The lowest BCUT2D eigenvalue weighted by molar-refractivity contribution is -0.142. The number of fused-ring (bicyclic) bond motifs is 2. The molecule has 0 unspecified atom stereocenters.